The molecule has 0 aliphatic carbocycles. The van der Waals surface area contributed by atoms with Crippen molar-refractivity contribution in [1.29, 1.82) is 0 Å². The molecule has 0 unspecified atom stereocenters. The standard InChI is InChI=1S/C14H16N2O2/c1-4-13-15-12(14(17)18-13)9-10-5-7-11(8-6-10)16(2)3/h5-9H,4H2,1-3H3/b12-9+. The first kappa shape index (κ1) is 12.4. The number of benzene rings is 1. The molecule has 1 heterocycles. The highest BCUT2D eigenvalue weighted by atomic mass is 16.6. The monoisotopic (exact) mass is 244 g/mol. The second kappa shape index (κ2) is 5.04. The summed E-state index contributed by atoms with van der Waals surface area (Å²) >= 11 is 0. The summed E-state index contributed by atoms with van der Waals surface area (Å²) in [6, 6.07) is 7.90. The van der Waals surface area contributed by atoms with Crippen LogP contribution in [0.15, 0.2) is 35.0 Å². The first-order chi connectivity index (χ1) is 8.60. The van der Waals surface area contributed by atoms with Gasteiger partial charge in [0.05, 0.1) is 0 Å². The Morgan fingerprint density at radius 3 is 2.44 bits per heavy atom. The van der Waals surface area contributed by atoms with Crippen LogP contribution in [-0.2, 0) is 9.53 Å². The summed E-state index contributed by atoms with van der Waals surface area (Å²) < 4.78 is 4.99. The quantitative estimate of drug-likeness (QED) is 0.606. The number of hydrogen-bond acceptors (Lipinski definition) is 4. The van der Waals surface area contributed by atoms with Gasteiger partial charge in [0.2, 0.25) is 0 Å². The van der Waals surface area contributed by atoms with E-state index in [0.717, 1.165) is 11.3 Å². The number of nitrogens with zero attached hydrogens (tertiary/aromatic N) is 2. The number of anilines is 1. The third-order valence-electron chi connectivity index (χ3n) is 2.68. The Bertz CT molecular complexity index is 513. The minimum absolute atomic E-state index is 0.365. The maximum atomic E-state index is 11.5. The summed E-state index contributed by atoms with van der Waals surface area (Å²) in [5.41, 5.74) is 2.42. The van der Waals surface area contributed by atoms with E-state index in [0.29, 0.717) is 18.0 Å². The van der Waals surface area contributed by atoms with Crippen molar-refractivity contribution in [3.8, 4) is 0 Å². The van der Waals surface area contributed by atoms with Gasteiger partial charge in [0.1, 0.15) is 0 Å². The molecular weight excluding hydrogens is 228 g/mol. The molecule has 0 spiro atoms. The first-order valence-corrected chi connectivity index (χ1v) is 5.89. The Morgan fingerprint density at radius 2 is 1.94 bits per heavy atom. The molecule has 0 fully saturated rings. The molecule has 0 N–H and O–H groups in total. The maximum absolute atomic E-state index is 11.5. The molecule has 1 aromatic rings. The number of esters is 1. The lowest BCUT2D eigenvalue weighted by Crippen LogP contribution is -2.07. The molecule has 94 valence electrons. The van der Waals surface area contributed by atoms with E-state index in [1.807, 2.05) is 50.2 Å². The average molecular weight is 244 g/mol. The number of rotatable bonds is 3. The zero-order valence-electron chi connectivity index (χ0n) is 10.8. The van der Waals surface area contributed by atoms with Crippen LogP contribution < -0.4 is 4.90 Å². The highest BCUT2D eigenvalue weighted by Crippen LogP contribution is 2.18. The highest BCUT2D eigenvalue weighted by molar-refractivity contribution is 6.07. The van der Waals surface area contributed by atoms with Crippen LogP contribution in [0.2, 0.25) is 0 Å². The van der Waals surface area contributed by atoms with Gasteiger partial charge in [0.15, 0.2) is 11.6 Å². The predicted molar refractivity (Wildman–Crippen MR) is 72.6 cm³/mol. The Morgan fingerprint density at radius 1 is 1.28 bits per heavy atom. The summed E-state index contributed by atoms with van der Waals surface area (Å²) in [7, 11) is 3.97. The van der Waals surface area contributed by atoms with Gasteiger partial charge in [-0.05, 0) is 23.8 Å². The van der Waals surface area contributed by atoms with Crippen LogP contribution in [0.1, 0.15) is 18.9 Å². The lowest BCUT2D eigenvalue weighted by molar-refractivity contribution is -0.130. The van der Waals surface area contributed by atoms with Crippen molar-refractivity contribution in [3.63, 3.8) is 0 Å². The van der Waals surface area contributed by atoms with Gasteiger partial charge in [-0.25, -0.2) is 9.79 Å². The summed E-state index contributed by atoms with van der Waals surface area (Å²) in [4.78, 5) is 17.7. The summed E-state index contributed by atoms with van der Waals surface area (Å²) in [5.74, 6) is 0.111. The van der Waals surface area contributed by atoms with E-state index in [1.54, 1.807) is 6.08 Å². The van der Waals surface area contributed by atoms with Crippen LogP contribution in [0.4, 0.5) is 5.69 Å². The van der Waals surface area contributed by atoms with Crippen molar-refractivity contribution in [2.45, 2.75) is 13.3 Å². The van der Waals surface area contributed by atoms with Crippen LogP contribution in [0, 0.1) is 0 Å². The Balaban J connectivity index is 2.23. The van der Waals surface area contributed by atoms with E-state index in [9.17, 15) is 4.79 Å². The van der Waals surface area contributed by atoms with E-state index in [2.05, 4.69) is 4.99 Å². The predicted octanol–water partition coefficient (Wildman–Crippen LogP) is 2.46. The van der Waals surface area contributed by atoms with Crippen LogP contribution in [0.25, 0.3) is 6.08 Å². The molecule has 0 aromatic heterocycles. The van der Waals surface area contributed by atoms with Gasteiger partial charge in [0, 0.05) is 26.2 Å². The molecule has 0 atom stereocenters. The van der Waals surface area contributed by atoms with Crippen molar-refractivity contribution in [2.75, 3.05) is 19.0 Å². The van der Waals surface area contributed by atoms with Gasteiger partial charge in [-0.2, -0.15) is 0 Å². The number of ether oxygens (including phenoxy) is 1. The number of cyclic esters (lactones) is 1. The van der Waals surface area contributed by atoms with Crippen LogP contribution in [0.3, 0.4) is 0 Å². The zero-order valence-corrected chi connectivity index (χ0v) is 10.8. The third kappa shape index (κ3) is 2.59. The van der Waals surface area contributed by atoms with Gasteiger partial charge in [-0.3, -0.25) is 0 Å². The largest absolute Gasteiger partial charge is 0.407 e. The second-order valence-corrected chi connectivity index (χ2v) is 4.26. The fourth-order valence-corrected chi connectivity index (χ4v) is 1.63. The minimum atomic E-state index is -0.372. The molecule has 0 bridgehead atoms. The number of hydrogen-bond donors (Lipinski definition) is 0. The molecular formula is C14H16N2O2. The number of aliphatic imine (C=N–C) groups is 1. The summed E-state index contributed by atoms with van der Waals surface area (Å²) in [5, 5.41) is 0. The number of carbonyl (C=O) groups is 1. The molecule has 4 nitrogen and oxygen atoms in total. The summed E-state index contributed by atoms with van der Waals surface area (Å²) in [6.07, 6.45) is 2.37. The van der Waals surface area contributed by atoms with E-state index >= 15 is 0 Å². The lowest BCUT2D eigenvalue weighted by atomic mass is 10.1. The van der Waals surface area contributed by atoms with E-state index in [4.69, 9.17) is 4.74 Å². The molecule has 1 aliphatic heterocycles. The van der Waals surface area contributed by atoms with Gasteiger partial charge in [0.25, 0.3) is 0 Å². The van der Waals surface area contributed by atoms with E-state index < -0.39 is 0 Å². The van der Waals surface area contributed by atoms with Crippen LogP contribution in [-0.4, -0.2) is 26.0 Å². The normalized spacial score (nSPS) is 16.7. The molecule has 2 rings (SSSR count). The lowest BCUT2D eigenvalue weighted by Gasteiger charge is -2.11. The molecule has 18 heavy (non-hydrogen) atoms. The maximum Gasteiger partial charge on any atom is 0.363 e. The molecule has 0 radical (unpaired) electrons. The van der Waals surface area contributed by atoms with Gasteiger partial charge < -0.3 is 9.64 Å². The van der Waals surface area contributed by atoms with Gasteiger partial charge in [-0.1, -0.05) is 19.1 Å². The van der Waals surface area contributed by atoms with Crippen molar-refractivity contribution >= 4 is 23.6 Å². The van der Waals surface area contributed by atoms with Gasteiger partial charge in [-0.15, -0.1) is 0 Å². The highest BCUT2D eigenvalue weighted by Gasteiger charge is 2.21. The topological polar surface area (TPSA) is 41.9 Å². The fraction of sp³-hybridized carbons (Fsp3) is 0.286. The average Bonchev–Trinajstić information content (AvgIpc) is 2.71. The van der Waals surface area contributed by atoms with Crippen LogP contribution in [0.5, 0.6) is 0 Å². The molecule has 0 amide bonds. The van der Waals surface area contributed by atoms with Crippen LogP contribution >= 0.6 is 0 Å². The van der Waals surface area contributed by atoms with Crippen molar-refractivity contribution in [2.24, 2.45) is 4.99 Å². The van der Waals surface area contributed by atoms with Crippen molar-refractivity contribution < 1.29 is 9.53 Å². The molecule has 0 saturated heterocycles. The Labute approximate surface area is 107 Å². The Kier molecular flexibility index (Phi) is 3.46. The molecule has 1 aliphatic rings. The SMILES string of the molecule is CCC1=N/C(=C/c2ccc(N(C)C)cc2)C(=O)O1. The third-order valence-corrected chi connectivity index (χ3v) is 2.68. The van der Waals surface area contributed by atoms with E-state index in [1.165, 1.54) is 0 Å². The first-order valence-electron chi connectivity index (χ1n) is 5.89. The Hall–Kier alpha value is -2.10. The second-order valence-electron chi connectivity index (χ2n) is 4.26. The summed E-state index contributed by atoms with van der Waals surface area (Å²) in [6.45, 7) is 1.90. The number of carbonyl (C=O) groups excluding carboxylic acids is 1. The van der Waals surface area contributed by atoms with Crippen molar-refractivity contribution in [3.05, 3.63) is 35.5 Å². The zero-order chi connectivity index (χ0) is 13.1. The van der Waals surface area contributed by atoms with Crippen molar-refractivity contribution in [1.82, 2.24) is 0 Å². The fourth-order valence-electron chi connectivity index (χ4n) is 1.63. The molecule has 1 aromatic carbocycles. The molecule has 4 heteroatoms. The smallest absolute Gasteiger partial charge is 0.363 e. The minimum Gasteiger partial charge on any atom is -0.407 e. The van der Waals surface area contributed by atoms with E-state index in [-0.39, 0.29) is 5.97 Å². The van der Waals surface area contributed by atoms with Gasteiger partial charge >= 0.3 is 5.97 Å². The molecule has 0 saturated carbocycles.